The van der Waals surface area contributed by atoms with Crippen LogP contribution in [0.2, 0.25) is 0 Å². The van der Waals surface area contributed by atoms with Gasteiger partial charge in [0.25, 0.3) is 0 Å². The molecular weight excluding hydrogens is 409 g/mol. The standard InChI is InChI=1S/C21H30FN3O4S/c22-17-6-8-19(9-7-17)30(28,29)25-14-11-16(12-15-25)21(27)23-13-10-20(26)24-18-4-2-1-3-5-18/h6-9,16,18H,1-5,10-15H2,(H,23,27)(H,24,26). The Hall–Kier alpha value is -2.00. The molecule has 3 rings (SSSR count). The van der Waals surface area contributed by atoms with Crippen LogP contribution in [0.4, 0.5) is 4.39 Å². The van der Waals surface area contributed by atoms with Gasteiger partial charge in [-0.3, -0.25) is 9.59 Å². The van der Waals surface area contributed by atoms with Crippen LogP contribution in [0, 0.1) is 11.7 Å². The summed E-state index contributed by atoms with van der Waals surface area (Å²) in [6, 6.07) is 5.01. The summed E-state index contributed by atoms with van der Waals surface area (Å²) in [6.45, 7) is 0.755. The number of halogens is 1. The summed E-state index contributed by atoms with van der Waals surface area (Å²) in [4.78, 5) is 24.5. The van der Waals surface area contributed by atoms with Crippen molar-refractivity contribution in [2.24, 2.45) is 5.92 Å². The summed E-state index contributed by atoms with van der Waals surface area (Å²) in [7, 11) is -3.69. The molecule has 2 aliphatic rings. The molecule has 0 spiro atoms. The van der Waals surface area contributed by atoms with Crippen molar-refractivity contribution in [3.8, 4) is 0 Å². The van der Waals surface area contributed by atoms with Crippen LogP contribution < -0.4 is 10.6 Å². The minimum atomic E-state index is -3.69. The molecule has 166 valence electrons. The van der Waals surface area contributed by atoms with Crippen molar-refractivity contribution in [3.63, 3.8) is 0 Å². The van der Waals surface area contributed by atoms with E-state index in [4.69, 9.17) is 0 Å². The van der Waals surface area contributed by atoms with Gasteiger partial charge >= 0.3 is 0 Å². The van der Waals surface area contributed by atoms with Crippen LogP contribution in [0.1, 0.15) is 51.4 Å². The van der Waals surface area contributed by atoms with Gasteiger partial charge in [-0.05, 0) is 49.9 Å². The Morgan fingerprint density at radius 1 is 1.00 bits per heavy atom. The van der Waals surface area contributed by atoms with Gasteiger partial charge in [-0.25, -0.2) is 12.8 Å². The molecule has 1 aliphatic carbocycles. The highest BCUT2D eigenvalue weighted by atomic mass is 32.2. The fourth-order valence-electron chi connectivity index (χ4n) is 4.10. The van der Waals surface area contributed by atoms with E-state index in [0.29, 0.717) is 12.8 Å². The predicted molar refractivity (Wildman–Crippen MR) is 111 cm³/mol. The predicted octanol–water partition coefficient (Wildman–Crippen LogP) is 2.18. The van der Waals surface area contributed by atoms with E-state index in [9.17, 15) is 22.4 Å². The van der Waals surface area contributed by atoms with Gasteiger partial charge < -0.3 is 10.6 Å². The second-order valence-electron chi connectivity index (χ2n) is 8.08. The second-order valence-corrected chi connectivity index (χ2v) is 10.0. The Labute approximate surface area is 177 Å². The van der Waals surface area contributed by atoms with Crippen molar-refractivity contribution < 1.29 is 22.4 Å². The van der Waals surface area contributed by atoms with Crippen LogP contribution >= 0.6 is 0 Å². The van der Waals surface area contributed by atoms with E-state index >= 15 is 0 Å². The van der Waals surface area contributed by atoms with Crippen LogP contribution in [0.3, 0.4) is 0 Å². The summed E-state index contributed by atoms with van der Waals surface area (Å²) in [5.74, 6) is -0.940. The van der Waals surface area contributed by atoms with E-state index in [1.807, 2.05) is 0 Å². The highest BCUT2D eigenvalue weighted by Gasteiger charge is 2.32. The Bertz CT molecular complexity index is 830. The molecule has 2 fully saturated rings. The van der Waals surface area contributed by atoms with Gasteiger partial charge in [-0.1, -0.05) is 19.3 Å². The zero-order chi connectivity index (χ0) is 21.6. The van der Waals surface area contributed by atoms with E-state index in [0.717, 1.165) is 37.8 Å². The van der Waals surface area contributed by atoms with E-state index in [1.165, 1.54) is 22.9 Å². The van der Waals surface area contributed by atoms with Crippen LogP contribution in [-0.2, 0) is 19.6 Å². The fourth-order valence-corrected chi connectivity index (χ4v) is 5.57. The molecule has 1 aromatic carbocycles. The van der Waals surface area contributed by atoms with Crippen LogP contribution in [-0.4, -0.2) is 50.2 Å². The van der Waals surface area contributed by atoms with Gasteiger partial charge in [0.1, 0.15) is 5.82 Å². The van der Waals surface area contributed by atoms with Crippen LogP contribution in [0.5, 0.6) is 0 Å². The molecule has 1 saturated carbocycles. The molecule has 1 saturated heterocycles. The Morgan fingerprint density at radius 2 is 1.63 bits per heavy atom. The number of carbonyl (C=O) groups excluding carboxylic acids is 2. The normalized spacial score (nSPS) is 19.4. The van der Waals surface area contributed by atoms with Crippen molar-refractivity contribution in [2.45, 2.75) is 62.3 Å². The Morgan fingerprint density at radius 3 is 2.27 bits per heavy atom. The van der Waals surface area contributed by atoms with Crippen LogP contribution in [0.15, 0.2) is 29.2 Å². The Balaban J connectivity index is 1.39. The average molecular weight is 440 g/mol. The first-order chi connectivity index (χ1) is 14.4. The van der Waals surface area contributed by atoms with Gasteiger partial charge in [0.05, 0.1) is 4.90 Å². The molecule has 2 N–H and O–H groups in total. The minimum Gasteiger partial charge on any atom is -0.355 e. The maximum Gasteiger partial charge on any atom is 0.243 e. The molecule has 0 radical (unpaired) electrons. The lowest BCUT2D eigenvalue weighted by molar-refractivity contribution is -0.126. The lowest BCUT2D eigenvalue weighted by Gasteiger charge is -2.30. The van der Waals surface area contributed by atoms with Crippen molar-refractivity contribution in [1.82, 2.24) is 14.9 Å². The molecule has 7 nitrogen and oxygen atoms in total. The number of nitrogens with one attached hydrogen (secondary N) is 2. The van der Waals surface area contributed by atoms with E-state index in [-0.39, 0.29) is 54.7 Å². The lowest BCUT2D eigenvalue weighted by atomic mass is 9.95. The topological polar surface area (TPSA) is 95.6 Å². The molecule has 0 atom stereocenters. The maximum absolute atomic E-state index is 13.0. The first-order valence-corrected chi connectivity index (χ1v) is 12.1. The highest BCUT2D eigenvalue weighted by Crippen LogP contribution is 2.24. The maximum atomic E-state index is 13.0. The highest BCUT2D eigenvalue weighted by molar-refractivity contribution is 7.89. The third-order valence-electron chi connectivity index (χ3n) is 5.90. The number of rotatable bonds is 7. The molecule has 1 aromatic rings. The average Bonchev–Trinajstić information content (AvgIpc) is 2.75. The summed E-state index contributed by atoms with van der Waals surface area (Å²) >= 11 is 0. The smallest absolute Gasteiger partial charge is 0.243 e. The molecule has 0 bridgehead atoms. The summed E-state index contributed by atoms with van der Waals surface area (Å²) in [6.07, 6.45) is 6.66. The largest absolute Gasteiger partial charge is 0.355 e. The van der Waals surface area contributed by atoms with E-state index < -0.39 is 15.8 Å². The molecule has 30 heavy (non-hydrogen) atoms. The van der Waals surface area contributed by atoms with Gasteiger partial charge in [-0.2, -0.15) is 4.31 Å². The van der Waals surface area contributed by atoms with Gasteiger partial charge in [-0.15, -0.1) is 0 Å². The third kappa shape index (κ3) is 6.01. The number of hydrogen-bond donors (Lipinski definition) is 2. The summed E-state index contributed by atoms with van der Waals surface area (Å²) < 4.78 is 39.7. The van der Waals surface area contributed by atoms with Crippen molar-refractivity contribution in [1.29, 1.82) is 0 Å². The van der Waals surface area contributed by atoms with Gasteiger partial charge in [0, 0.05) is 38.0 Å². The molecule has 0 unspecified atom stereocenters. The third-order valence-corrected chi connectivity index (χ3v) is 7.81. The van der Waals surface area contributed by atoms with Crippen molar-refractivity contribution in [3.05, 3.63) is 30.1 Å². The summed E-state index contributed by atoms with van der Waals surface area (Å²) in [5.41, 5.74) is 0. The number of carbonyl (C=O) groups is 2. The SMILES string of the molecule is O=C(CCNC(=O)C1CCN(S(=O)(=O)c2ccc(F)cc2)CC1)NC1CCCCC1. The Kier molecular flexibility index (Phi) is 7.82. The van der Waals surface area contributed by atoms with E-state index in [2.05, 4.69) is 10.6 Å². The van der Waals surface area contributed by atoms with Gasteiger partial charge in [0.2, 0.25) is 21.8 Å². The zero-order valence-electron chi connectivity index (χ0n) is 17.1. The number of hydrogen-bond acceptors (Lipinski definition) is 4. The molecule has 0 aromatic heterocycles. The minimum absolute atomic E-state index is 0.0394. The number of piperidine rings is 1. The van der Waals surface area contributed by atoms with Crippen molar-refractivity contribution >= 4 is 21.8 Å². The quantitative estimate of drug-likeness (QED) is 0.681. The second kappa shape index (κ2) is 10.3. The number of benzene rings is 1. The van der Waals surface area contributed by atoms with Crippen LogP contribution in [0.25, 0.3) is 0 Å². The number of sulfonamides is 1. The molecule has 2 amide bonds. The monoisotopic (exact) mass is 439 g/mol. The van der Waals surface area contributed by atoms with Gasteiger partial charge in [0.15, 0.2) is 0 Å². The first-order valence-electron chi connectivity index (χ1n) is 10.7. The molecular formula is C21H30FN3O4S. The van der Waals surface area contributed by atoms with Crippen molar-refractivity contribution in [2.75, 3.05) is 19.6 Å². The number of nitrogens with zero attached hydrogens (tertiary/aromatic N) is 1. The molecule has 1 heterocycles. The molecule has 9 heteroatoms. The fraction of sp³-hybridized carbons (Fsp3) is 0.619. The zero-order valence-corrected chi connectivity index (χ0v) is 17.9. The number of amides is 2. The summed E-state index contributed by atoms with van der Waals surface area (Å²) in [5, 5.41) is 5.83. The lowest BCUT2D eigenvalue weighted by Crippen LogP contribution is -2.43. The first kappa shape index (κ1) is 22.7. The molecule has 1 aliphatic heterocycles. The van der Waals surface area contributed by atoms with E-state index in [1.54, 1.807) is 0 Å².